The highest BCUT2D eigenvalue weighted by Crippen LogP contribution is 2.07. The summed E-state index contributed by atoms with van der Waals surface area (Å²) < 4.78 is 0. The van der Waals surface area contributed by atoms with Gasteiger partial charge in [-0.25, -0.2) is 5.43 Å². The maximum absolute atomic E-state index is 11.1. The number of nitrogens with zero attached hydrogens (tertiary/aromatic N) is 1. The molecule has 18 heavy (non-hydrogen) atoms. The number of rotatable bonds is 5. The van der Waals surface area contributed by atoms with E-state index in [1.807, 2.05) is 30.3 Å². The van der Waals surface area contributed by atoms with Gasteiger partial charge in [0, 0.05) is 0 Å². The third-order valence-electron chi connectivity index (χ3n) is 2.39. The summed E-state index contributed by atoms with van der Waals surface area (Å²) >= 11 is 0. The molecule has 0 fully saturated rings. The van der Waals surface area contributed by atoms with E-state index in [4.69, 9.17) is 5.73 Å². The van der Waals surface area contributed by atoms with Crippen LogP contribution in [0, 0.1) is 0 Å². The summed E-state index contributed by atoms with van der Waals surface area (Å²) in [6, 6.07) is 9.51. The number of unbranched alkanes of at least 4 members (excludes halogenated alkanes) is 1. The maximum Gasteiger partial charge on any atom is 0.329 e. The molecule has 5 heteroatoms. The molecule has 0 saturated heterocycles. The van der Waals surface area contributed by atoms with Crippen LogP contribution in [0.15, 0.2) is 35.4 Å². The van der Waals surface area contributed by atoms with Crippen LogP contribution in [0.4, 0.5) is 0 Å². The van der Waals surface area contributed by atoms with E-state index in [2.05, 4.69) is 17.5 Å². The van der Waals surface area contributed by atoms with Crippen LogP contribution in [0.5, 0.6) is 0 Å². The molecule has 1 aromatic carbocycles. The molecule has 0 aliphatic carbocycles. The Hall–Kier alpha value is -2.17. The summed E-state index contributed by atoms with van der Waals surface area (Å²) in [5.41, 5.74) is 8.67. The van der Waals surface area contributed by atoms with Crippen molar-refractivity contribution in [2.45, 2.75) is 26.2 Å². The van der Waals surface area contributed by atoms with Crippen LogP contribution < -0.4 is 11.2 Å². The second kappa shape index (κ2) is 7.21. The molecule has 0 saturated carbocycles. The van der Waals surface area contributed by atoms with Crippen molar-refractivity contribution < 1.29 is 9.59 Å². The number of carbonyl (C=O) groups excluding carboxylic acids is 2. The topological polar surface area (TPSA) is 84.6 Å². The molecule has 0 heterocycles. The van der Waals surface area contributed by atoms with E-state index in [0.717, 1.165) is 30.5 Å². The summed E-state index contributed by atoms with van der Waals surface area (Å²) in [5.74, 6) is -1.94. The minimum atomic E-state index is -1.04. The number of hydrogen-bond acceptors (Lipinski definition) is 3. The molecule has 1 rings (SSSR count). The van der Waals surface area contributed by atoms with Gasteiger partial charge in [-0.15, -0.1) is 0 Å². The van der Waals surface area contributed by atoms with Crippen molar-refractivity contribution in [2.75, 3.05) is 0 Å². The first-order chi connectivity index (χ1) is 8.65. The zero-order valence-corrected chi connectivity index (χ0v) is 10.3. The van der Waals surface area contributed by atoms with Crippen molar-refractivity contribution in [2.24, 2.45) is 10.8 Å². The number of hydrazone groups is 1. The van der Waals surface area contributed by atoms with Gasteiger partial charge in [0.25, 0.3) is 0 Å². The molecule has 0 unspecified atom stereocenters. The van der Waals surface area contributed by atoms with Gasteiger partial charge in [0.2, 0.25) is 0 Å². The van der Waals surface area contributed by atoms with Crippen LogP contribution in [0.2, 0.25) is 0 Å². The molecule has 0 aliphatic heterocycles. The number of amides is 2. The smallest absolute Gasteiger partial charge is 0.329 e. The Balaban J connectivity index is 2.81. The molecule has 0 aliphatic rings. The van der Waals surface area contributed by atoms with Crippen LogP contribution >= 0.6 is 0 Å². The number of carbonyl (C=O) groups is 2. The predicted octanol–water partition coefficient (Wildman–Crippen LogP) is 1.18. The van der Waals surface area contributed by atoms with Gasteiger partial charge in [0.1, 0.15) is 0 Å². The van der Waals surface area contributed by atoms with Crippen molar-refractivity contribution >= 4 is 17.5 Å². The van der Waals surface area contributed by atoms with Gasteiger partial charge in [-0.1, -0.05) is 43.7 Å². The fourth-order valence-electron chi connectivity index (χ4n) is 1.41. The normalized spacial score (nSPS) is 11.1. The van der Waals surface area contributed by atoms with E-state index < -0.39 is 11.8 Å². The molecule has 3 N–H and O–H groups in total. The van der Waals surface area contributed by atoms with Gasteiger partial charge in [-0.05, 0) is 18.4 Å². The molecule has 5 nitrogen and oxygen atoms in total. The lowest BCUT2D eigenvalue weighted by Gasteiger charge is -2.06. The van der Waals surface area contributed by atoms with Crippen LogP contribution in [0.1, 0.15) is 31.7 Å². The van der Waals surface area contributed by atoms with Crippen LogP contribution in [-0.2, 0) is 9.59 Å². The van der Waals surface area contributed by atoms with Gasteiger partial charge >= 0.3 is 11.8 Å². The molecular weight excluding hydrogens is 230 g/mol. The molecule has 1 aromatic rings. The Labute approximate surface area is 106 Å². The van der Waals surface area contributed by atoms with E-state index in [1.165, 1.54) is 0 Å². The first-order valence-corrected chi connectivity index (χ1v) is 5.87. The molecular formula is C13H17N3O2. The molecule has 96 valence electrons. The van der Waals surface area contributed by atoms with Crippen molar-refractivity contribution in [1.82, 2.24) is 5.43 Å². The maximum atomic E-state index is 11.1. The highest BCUT2D eigenvalue weighted by molar-refractivity contribution is 6.34. The van der Waals surface area contributed by atoms with Crippen molar-refractivity contribution in [3.8, 4) is 0 Å². The lowest BCUT2D eigenvalue weighted by Crippen LogP contribution is -2.33. The molecule has 0 bridgehead atoms. The molecule has 2 amide bonds. The van der Waals surface area contributed by atoms with Crippen LogP contribution in [0.25, 0.3) is 0 Å². The quantitative estimate of drug-likeness (QED) is 0.465. The van der Waals surface area contributed by atoms with Crippen LogP contribution in [0.3, 0.4) is 0 Å². The number of primary amides is 1. The minimum Gasteiger partial charge on any atom is -0.361 e. The van der Waals surface area contributed by atoms with E-state index >= 15 is 0 Å². The Kier molecular flexibility index (Phi) is 5.57. The largest absolute Gasteiger partial charge is 0.361 e. The SMILES string of the molecule is CCCC/C(=N/NC(=O)C(N)=O)c1ccccc1. The summed E-state index contributed by atoms with van der Waals surface area (Å²) in [4.78, 5) is 21.7. The third kappa shape index (κ3) is 4.37. The third-order valence-corrected chi connectivity index (χ3v) is 2.39. The second-order valence-corrected chi connectivity index (χ2v) is 3.83. The second-order valence-electron chi connectivity index (χ2n) is 3.83. The lowest BCUT2D eigenvalue weighted by molar-refractivity contribution is -0.137. The first-order valence-electron chi connectivity index (χ1n) is 5.87. The monoisotopic (exact) mass is 247 g/mol. The molecule has 0 atom stereocenters. The highest BCUT2D eigenvalue weighted by atomic mass is 16.2. The average Bonchev–Trinajstić information content (AvgIpc) is 2.39. The molecule has 0 radical (unpaired) electrons. The summed E-state index contributed by atoms with van der Waals surface area (Å²) in [7, 11) is 0. The Bertz CT molecular complexity index is 441. The fraction of sp³-hybridized carbons (Fsp3) is 0.308. The summed E-state index contributed by atoms with van der Waals surface area (Å²) in [5, 5.41) is 3.97. The predicted molar refractivity (Wildman–Crippen MR) is 69.8 cm³/mol. The number of nitrogens with two attached hydrogens (primary N) is 1. The van der Waals surface area contributed by atoms with Gasteiger partial charge in [0.15, 0.2) is 0 Å². The fourth-order valence-corrected chi connectivity index (χ4v) is 1.41. The standard InChI is InChI=1S/C13H17N3O2/c1-2-3-9-11(10-7-5-4-6-8-10)15-16-13(18)12(14)17/h4-8H,2-3,9H2,1H3,(H2,14,17)(H,16,18)/b15-11-. The van der Waals surface area contributed by atoms with Crippen LogP contribution in [-0.4, -0.2) is 17.5 Å². The lowest BCUT2D eigenvalue weighted by atomic mass is 10.1. The van der Waals surface area contributed by atoms with E-state index in [1.54, 1.807) is 0 Å². The summed E-state index contributed by atoms with van der Waals surface area (Å²) in [6.07, 6.45) is 2.72. The Morgan fingerprint density at radius 3 is 2.50 bits per heavy atom. The minimum absolute atomic E-state index is 0.736. The van der Waals surface area contributed by atoms with Crippen molar-refractivity contribution in [1.29, 1.82) is 0 Å². The van der Waals surface area contributed by atoms with E-state index in [-0.39, 0.29) is 0 Å². The van der Waals surface area contributed by atoms with E-state index in [9.17, 15) is 9.59 Å². The van der Waals surface area contributed by atoms with Gasteiger partial charge in [-0.3, -0.25) is 9.59 Å². The number of benzene rings is 1. The Morgan fingerprint density at radius 1 is 1.28 bits per heavy atom. The summed E-state index contributed by atoms with van der Waals surface area (Å²) in [6.45, 7) is 2.07. The number of hydrogen-bond donors (Lipinski definition) is 2. The average molecular weight is 247 g/mol. The van der Waals surface area contributed by atoms with Gasteiger partial charge < -0.3 is 5.73 Å². The van der Waals surface area contributed by atoms with E-state index in [0.29, 0.717) is 0 Å². The van der Waals surface area contributed by atoms with Gasteiger partial charge in [0.05, 0.1) is 5.71 Å². The zero-order chi connectivity index (χ0) is 13.4. The van der Waals surface area contributed by atoms with Gasteiger partial charge in [-0.2, -0.15) is 5.10 Å². The zero-order valence-electron chi connectivity index (χ0n) is 10.3. The molecule has 0 aromatic heterocycles. The Morgan fingerprint density at radius 2 is 1.94 bits per heavy atom. The van der Waals surface area contributed by atoms with Crippen molar-refractivity contribution in [3.63, 3.8) is 0 Å². The first kappa shape index (κ1) is 13.9. The number of nitrogens with one attached hydrogen (secondary N) is 1. The molecule has 0 spiro atoms. The highest BCUT2D eigenvalue weighted by Gasteiger charge is 2.08. The van der Waals surface area contributed by atoms with Crippen molar-refractivity contribution in [3.05, 3.63) is 35.9 Å².